The van der Waals surface area contributed by atoms with Gasteiger partial charge in [0.2, 0.25) is 0 Å². The third-order valence-electron chi connectivity index (χ3n) is 2.34. The van der Waals surface area contributed by atoms with E-state index in [1.54, 1.807) is 0 Å². The second kappa shape index (κ2) is 4.03. The Morgan fingerprint density at radius 2 is 2.20 bits per heavy atom. The van der Waals surface area contributed by atoms with E-state index in [9.17, 15) is 0 Å². The molecular weight excluding hydrogens is 252 g/mol. The fourth-order valence-electron chi connectivity index (χ4n) is 1.63. The summed E-state index contributed by atoms with van der Waals surface area (Å²) in [4.78, 5) is 7.23. The molecule has 0 saturated carbocycles. The predicted octanol–water partition coefficient (Wildman–Crippen LogP) is 4.26. The van der Waals surface area contributed by atoms with Crippen LogP contribution in [0.3, 0.4) is 0 Å². The highest BCUT2D eigenvalue weighted by Gasteiger charge is 2.11. The zero-order valence-electron chi connectivity index (χ0n) is 8.42. The Kier molecular flexibility index (Phi) is 2.73. The van der Waals surface area contributed by atoms with Crippen LogP contribution >= 0.6 is 15.9 Å². The number of halogens is 1. The van der Waals surface area contributed by atoms with Gasteiger partial charge in [0.1, 0.15) is 5.82 Å². The van der Waals surface area contributed by atoms with Gasteiger partial charge in [0.05, 0.1) is 0 Å². The molecule has 0 aliphatic heterocycles. The minimum atomic E-state index is 0.807. The molecule has 2 rings (SSSR count). The number of hydrogen-bond donors (Lipinski definition) is 1. The van der Waals surface area contributed by atoms with Crippen LogP contribution in [-0.2, 0) is 0 Å². The fourth-order valence-corrected chi connectivity index (χ4v) is 2.03. The van der Waals surface area contributed by atoms with Crippen molar-refractivity contribution in [2.45, 2.75) is 6.92 Å². The van der Waals surface area contributed by atoms with Crippen LogP contribution in [0, 0.1) is 0 Å². The number of aromatic amines is 1. The normalized spacial score (nSPS) is 12.0. The van der Waals surface area contributed by atoms with E-state index in [2.05, 4.69) is 38.7 Å². The van der Waals surface area contributed by atoms with Crippen molar-refractivity contribution in [3.05, 3.63) is 35.9 Å². The Bertz CT molecular complexity index is 538. The third-order valence-corrected chi connectivity index (χ3v) is 3.19. The molecule has 1 aromatic heterocycles. The van der Waals surface area contributed by atoms with Crippen molar-refractivity contribution in [3.63, 3.8) is 0 Å². The number of nitrogens with zero attached hydrogens (tertiary/aromatic N) is 1. The molecule has 0 spiro atoms. The van der Waals surface area contributed by atoms with E-state index in [-0.39, 0.29) is 0 Å². The molecule has 0 amide bonds. The van der Waals surface area contributed by atoms with Gasteiger partial charge in [0, 0.05) is 20.9 Å². The summed E-state index contributed by atoms with van der Waals surface area (Å²) >= 11 is 3.53. The first-order chi connectivity index (χ1) is 7.27. The summed E-state index contributed by atoms with van der Waals surface area (Å²) in [6.45, 7) is 5.56. The number of H-pyrrole nitrogens is 1. The van der Waals surface area contributed by atoms with E-state index < -0.39 is 0 Å². The van der Waals surface area contributed by atoms with Crippen LogP contribution in [0.15, 0.2) is 35.3 Å². The smallest absolute Gasteiger partial charge is 0.138 e. The minimum Gasteiger partial charge on any atom is -0.339 e. The summed E-state index contributed by atoms with van der Waals surface area (Å²) in [5.41, 5.74) is 2.15. The molecule has 76 valence electrons. The van der Waals surface area contributed by atoms with Gasteiger partial charge in [-0.15, -0.1) is 0 Å². The van der Waals surface area contributed by atoms with Gasteiger partial charge in [-0.2, -0.15) is 0 Å². The van der Waals surface area contributed by atoms with Crippen LogP contribution in [0.5, 0.6) is 0 Å². The number of nitrogens with one attached hydrogen (secondary N) is 1. The van der Waals surface area contributed by atoms with Crippen molar-refractivity contribution < 1.29 is 0 Å². The zero-order valence-corrected chi connectivity index (χ0v) is 10.0. The summed E-state index contributed by atoms with van der Waals surface area (Å²) in [6.07, 6.45) is 2.00. The lowest BCUT2D eigenvalue weighted by atomic mass is 10.1. The highest BCUT2D eigenvalue weighted by atomic mass is 79.9. The number of benzene rings is 1. The molecule has 1 N–H and O–H groups in total. The number of para-hydroxylation sites is 1. The van der Waals surface area contributed by atoms with Gasteiger partial charge < -0.3 is 4.98 Å². The van der Waals surface area contributed by atoms with Crippen molar-refractivity contribution in [2.75, 3.05) is 0 Å². The first-order valence-electron chi connectivity index (χ1n) is 4.67. The number of aliphatic imine (C=N–C) groups is 1. The number of rotatable bonds is 2. The summed E-state index contributed by atoms with van der Waals surface area (Å²) in [5.74, 6) is 0.807. The van der Waals surface area contributed by atoms with Gasteiger partial charge >= 0.3 is 0 Å². The molecule has 0 saturated heterocycles. The van der Waals surface area contributed by atoms with Crippen LogP contribution in [0.25, 0.3) is 15.4 Å². The monoisotopic (exact) mass is 262 g/mol. The first kappa shape index (κ1) is 10.2. The molecule has 0 atom stereocenters. The molecule has 2 aromatic rings. The molecule has 15 heavy (non-hydrogen) atoms. The van der Waals surface area contributed by atoms with Crippen molar-refractivity contribution in [1.29, 1.82) is 0 Å². The maximum Gasteiger partial charge on any atom is 0.138 e. The summed E-state index contributed by atoms with van der Waals surface area (Å²) in [7, 11) is 0. The predicted molar refractivity (Wildman–Crippen MR) is 70.1 cm³/mol. The van der Waals surface area contributed by atoms with E-state index in [1.807, 2.05) is 31.2 Å². The standard InChI is InChI=1S/C12H11BrN2/c1-3-9(13)11-8-6-4-5-7-10(8)15-12(11)14-2/h3-7,15H,2H2,1H3/b9-3+. The molecule has 0 fully saturated rings. The van der Waals surface area contributed by atoms with Crippen LogP contribution in [0.2, 0.25) is 0 Å². The summed E-state index contributed by atoms with van der Waals surface area (Å²) in [5, 5.41) is 1.16. The lowest BCUT2D eigenvalue weighted by Gasteiger charge is -1.97. The van der Waals surface area contributed by atoms with E-state index >= 15 is 0 Å². The van der Waals surface area contributed by atoms with Crippen LogP contribution in [0.4, 0.5) is 5.82 Å². The maximum atomic E-state index is 4.00. The van der Waals surface area contributed by atoms with Gasteiger partial charge in [0.25, 0.3) is 0 Å². The van der Waals surface area contributed by atoms with Crippen molar-refractivity contribution in [3.8, 4) is 0 Å². The average Bonchev–Trinajstić information content (AvgIpc) is 2.66. The lowest BCUT2D eigenvalue weighted by Crippen LogP contribution is -1.73. The second-order valence-electron chi connectivity index (χ2n) is 3.19. The zero-order chi connectivity index (χ0) is 10.8. The molecule has 0 aliphatic carbocycles. The lowest BCUT2D eigenvalue weighted by molar-refractivity contribution is 1.38. The second-order valence-corrected chi connectivity index (χ2v) is 4.04. The van der Waals surface area contributed by atoms with Gasteiger partial charge in [-0.1, -0.05) is 40.2 Å². The van der Waals surface area contributed by atoms with Crippen molar-refractivity contribution >= 4 is 43.9 Å². The molecular formula is C12H11BrN2. The van der Waals surface area contributed by atoms with Crippen LogP contribution in [-0.4, -0.2) is 11.7 Å². The van der Waals surface area contributed by atoms with Gasteiger partial charge in [-0.25, -0.2) is 4.99 Å². The van der Waals surface area contributed by atoms with E-state index in [1.165, 1.54) is 0 Å². The Morgan fingerprint density at radius 3 is 2.87 bits per heavy atom. The Balaban J connectivity index is 2.84. The molecule has 0 aliphatic rings. The van der Waals surface area contributed by atoms with E-state index in [0.717, 1.165) is 26.8 Å². The number of hydrogen-bond acceptors (Lipinski definition) is 1. The van der Waals surface area contributed by atoms with Crippen molar-refractivity contribution in [2.24, 2.45) is 4.99 Å². The topological polar surface area (TPSA) is 28.1 Å². The molecule has 1 aromatic carbocycles. The number of aromatic nitrogens is 1. The maximum absolute atomic E-state index is 4.00. The molecule has 2 nitrogen and oxygen atoms in total. The highest BCUT2D eigenvalue weighted by Crippen LogP contribution is 2.36. The number of allylic oxidation sites excluding steroid dienone is 1. The highest BCUT2D eigenvalue weighted by molar-refractivity contribution is 9.15. The number of fused-ring (bicyclic) bond motifs is 1. The Morgan fingerprint density at radius 1 is 1.47 bits per heavy atom. The minimum absolute atomic E-state index is 0.807. The Labute approximate surface area is 96.9 Å². The molecule has 0 bridgehead atoms. The quantitative estimate of drug-likeness (QED) is 0.784. The molecule has 0 unspecified atom stereocenters. The Hall–Kier alpha value is -1.35. The molecule has 0 radical (unpaired) electrons. The van der Waals surface area contributed by atoms with Gasteiger partial charge in [-0.3, -0.25) is 0 Å². The van der Waals surface area contributed by atoms with E-state index in [0.29, 0.717) is 0 Å². The summed E-state index contributed by atoms with van der Waals surface area (Å²) < 4.78 is 1.03. The van der Waals surface area contributed by atoms with Crippen LogP contribution < -0.4 is 0 Å². The molecule has 3 heteroatoms. The SMILES string of the molecule is C=Nc1[nH]c2ccccc2c1/C(Br)=C\C. The van der Waals surface area contributed by atoms with Gasteiger partial charge in [0.15, 0.2) is 0 Å². The molecule has 1 heterocycles. The first-order valence-corrected chi connectivity index (χ1v) is 5.47. The van der Waals surface area contributed by atoms with Crippen molar-refractivity contribution in [1.82, 2.24) is 4.98 Å². The largest absolute Gasteiger partial charge is 0.339 e. The van der Waals surface area contributed by atoms with Crippen LogP contribution in [0.1, 0.15) is 12.5 Å². The van der Waals surface area contributed by atoms with E-state index in [4.69, 9.17) is 0 Å². The third kappa shape index (κ3) is 1.63. The average molecular weight is 263 g/mol. The summed E-state index contributed by atoms with van der Waals surface area (Å²) in [6, 6.07) is 8.12. The van der Waals surface area contributed by atoms with Gasteiger partial charge in [-0.05, 0) is 19.7 Å². The fraction of sp³-hybridized carbons (Fsp3) is 0.0833.